The van der Waals surface area contributed by atoms with E-state index in [0.29, 0.717) is 0 Å². The van der Waals surface area contributed by atoms with Crippen molar-refractivity contribution in [3.8, 4) is 5.75 Å². The molecule has 0 saturated heterocycles. The largest absolute Gasteiger partial charge is 0.507 e. The summed E-state index contributed by atoms with van der Waals surface area (Å²) < 4.78 is 26.9. The van der Waals surface area contributed by atoms with Gasteiger partial charge in [0.15, 0.2) is 0 Å². The summed E-state index contributed by atoms with van der Waals surface area (Å²) in [7, 11) is 0. The highest BCUT2D eigenvalue weighted by molar-refractivity contribution is 6.06. The summed E-state index contributed by atoms with van der Waals surface area (Å²) in [5, 5.41) is 11.6. The van der Waals surface area contributed by atoms with E-state index in [4.69, 9.17) is 5.73 Å². The van der Waals surface area contributed by atoms with E-state index < -0.39 is 28.9 Å². The summed E-state index contributed by atoms with van der Waals surface area (Å²) in [6, 6.07) is 7.03. The van der Waals surface area contributed by atoms with Crippen LogP contribution in [0.15, 0.2) is 36.4 Å². The molecule has 0 saturated carbocycles. The van der Waals surface area contributed by atoms with E-state index >= 15 is 0 Å². The van der Waals surface area contributed by atoms with Gasteiger partial charge in [-0.1, -0.05) is 6.07 Å². The van der Waals surface area contributed by atoms with Crippen LogP contribution >= 0.6 is 0 Å². The lowest BCUT2D eigenvalue weighted by Crippen LogP contribution is -2.15. The van der Waals surface area contributed by atoms with Gasteiger partial charge in [0, 0.05) is 5.69 Å². The van der Waals surface area contributed by atoms with Crippen LogP contribution in [0.4, 0.5) is 20.2 Å². The number of rotatable bonds is 2. The fourth-order valence-electron chi connectivity index (χ4n) is 1.56. The monoisotopic (exact) mass is 264 g/mol. The molecule has 0 spiro atoms. The maximum atomic E-state index is 13.4. The number of hydrogen-bond donors (Lipinski definition) is 3. The van der Waals surface area contributed by atoms with E-state index in [1.165, 1.54) is 18.2 Å². The second-order valence-electron chi connectivity index (χ2n) is 3.83. The number of halogens is 2. The van der Waals surface area contributed by atoms with Crippen LogP contribution in [0.25, 0.3) is 0 Å². The number of carbonyl (C=O) groups is 1. The lowest BCUT2D eigenvalue weighted by atomic mass is 10.1. The zero-order valence-electron chi connectivity index (χ0n) is 9.65. The standard InChI is InChI=1S/C13H10F2N2O2/c14-8-5-4-7(16)6-10(8)17-13(19)12-9(15)2-1-3-11(12)18/h1-6,18H,16H2,(H,17,19). The van der Waals surface area contributed by atoms with E-state index in [9.17, 15) is 18.7 Å². The van der Waals surface area contributed by atoms with Gasteiger partial charge in [-0.2, -0.15) is 0 Å². The first-order valence-corrected chi connectivity index (χ1v) is 5.33. The number of hydrogen-bond acceptors (Lipinski definition) is 3. The molecule has 0 atom stereocenters. The Hall–Kier alpha value is -2.63. The quantitative estimate of drug-likeness (QED) is 0.729. The molecule has 2 aromatic carbocycles. The fourth-order valence-corrected chi connectivity index (χ4v) is 1.56. The molecule has 0 heterocycles. The Morgan fingerprint density at radius 3 is 2.58 bits per heavy atom. The van der Waals surface area contributed by atoms with Crippen LogP contribution in [0.1, 0.15) is 10.4 Å². The minimum absolute atomic E-state index is 0.187. The van der Waals surface area contributed by atoms with E-state index in [1.807, 2.05) is 0 Å². The minimum Gasteiger partial charge on any atom is -0.507 e. The topological polar surface area (TPSA) is 75.3 Å². The summed E-state index contributed by atoms with van der Waals surface area (Å²) >= 11 is 0. The number of amides is 1. The molecule has 1 amide bonds. The highest BCUT2D eigenvalue weighted by Crippen LogP contribution is 2.23. The normalized spacial score (nSPS) is 10.2. The van der Waals surface area contributed by atoms with Gasteiger partial charge in [-0.15, -0.1) is 0 Å². The molecule has 0 fully saturated rings. The Kier molecular flexibility index (Phi) is 3.33. The predicted molar refractivity (Wildman–Crippen MR) is 66.8 cm³/mol. The lowest BCUT2D eigenvalue weighted by Gasteiger charge is -2.09. The third-order valence-electron chi connectivity index (χ3n) is 2.46. The van der Waals surface area contributed by atoms with Crippen LogP contribution in [0.5, 0.6) is 5.75 Å². The number of nitrogen functional groups attached to an aromatic ring is 1. The van der Waals surface area contributed by atoms with E-state index in [0.717, 1.165) is 18.2 Å². The Bertz CT molecular complexity index is 624. The average molecular weight is 264 g/mol. The zero-order valence-corrected chi connectivity index (χ0v) is 9.65. The Balaban J connectivity index is 2.34. The second kappa shape index (κ2) is 4.93. The molecule has 2 rings (SSSR count). The first-order chi connectivity index (χ1) is 8.99. The van der Waals surface area contributed by atoms with Crippen molar-refractivity contribution in [3.05, 3.63) is 53.6 Å². The van der Waals surface area contributed by atoms with Gasteiger partial charge in [0.1, 0.15) is 22.9 Å². The summed E-state index contributed by atoms with van der Waals surface area (Å²) in [5.41, 5.74) is 4.97. The molecule has 98 valence electrons. The van der Waals surface area contributed by atoms with Crippen molar-refractivity contribution in [3.63, 3.8) is 0 Å². The summed E-state index contributed by atoms with van der Waals surface area (Å²) in [6.07, 6.45) is 0. The first kappa shape index (κ1) is 12.8. The summed E-state index contributed by atoms with van der Waals surface area (Å²) in [6.45, 7) is 0. The maximum absolute atomic E-state index is 13.4. The molecule has 19 heavy (non-hydrogen) atoms. The Labute approximate surface area is 107 Å². The van der Waals surface area contributed by atoms with Crippen LogP contribution < -0.4 is 11.1 Å². The molecule has 0 aliphatic carbocycles. The Morgan fingerprint density at radius 1 is 1.16 bits per heavy atom. The number of anilines is 2. The molecule has 0 bridgehead atoms. The van der Waals surface area contributed by atoms with Crippen LogP contribution in [0.3, 0.4) is 0 Å². The van der Waals surface area contributed by atoms with Gasteiger partial charge in [-0.25, -0.2) is 8.78 Å². The molecule has 0 aliphatic heterocycles. The third kappa shape index (κ3) is 2.62. The van der Waals surface area contributed by atoms with Crippen molar-refractivity contribution in [1.82, 2.24) is 0 Å². The van der Waals surface area contributed by atoms with E-state index in [-0.39, 0.29) is 11.4 Å². The second-order valence-corrected chi connectivity index (χ2v) is 3.83. The summed E-state index contributed by atoms with van der Waals surface area (Å²) in [4.78, 5) is 11.8. The number of phenolic OH excluding ortho intramolecular Hbond substituents is 1. The SMILES string of the molecule is Nc1ccc(F)c(NC(=O)c2c(O)cccc2F)c1. The molecular weight excluding hydrogens is 254 g/mol. The predicted octanol–water partition coefficient (Wildman–Crippen LogP) is 2.50. The third-order valence-corrected chi connectivity index (χ3v) is 2.46. The molecule has 2 aromatic rings. The number of aromatic hydroxyl groups is 1. The van der Waals surface area contributed by atoms with Gasteiger partial charge in [-0.3, -0.25) is 4.79 Å². The molecule has 6 heteroatoms. The van der Waals surface area contributed by atoms with Gasteiger partial charge in [0.2, 0.25) is 0 Å². The number of nitrogens with one attached hydrogen (secondary N) is 1. The highest BCUT2D eigenvalue weighted by atomic mass is 19.1. The molecule has 4 nitrogen and oxygen atoms in total. The van der Waals surface area contributed by atoms with Crippen molar-refractivity contribution in [1.29, 1.82) is 0 Å². The van der Waals surface area contributed by atoms with Gasteiger partial charge < -0.3 is 16.2 Å². The lowest BCUT2D eigenvalue weighted by molar-refractivity contribution is 0.102. The van der Waals surface area contributed by atoms with Gasteiger partial charge in [-0.05, 0) is 30.3 Å². The molecule has 0 radical (unpaired) electrons. The van der Waals surface area contributed by atoms with Crippen LogP contribution in [0.2, 0.25) is 0 Å². The molecule has 0 aromatic heterocycles. The minimum atomic E-state index is -0.958. The van der Waals surface area contributed by atoms with Crippen molar-refractivity contribution >= 4 is 17.3 Å². The number of benzene rings is 2. The first-order valence-electron chi connectivity index (χ1n) is 5.33. The van der Waals surface area contributed by atoms with E-state index in [2.05, 4.69) is 5.32 Å². The molecule has 0 aliphatic rings. The smallest absolute Gasteiger partial charge is 0.262 e. The molecule has 4 N–H and O–H groups in total. The van der Waals surface area contributed by atoms with Crippen molar-refractivity contribution in [2.45, 2.75) is 0 Å². The zero-order chi connectivity index (χ0) is 14.0. The van der Waals surface area contributed by atoms with Crippen molar-refractivity contribution in [2.24, 2.45) is 0 Å². The van der Waals surface area contributed by atoms with Crippen LogP contribution in [-0.2, 0) is 0 Å². The highest BCUT2D eigenvalue weighted by Gasteiger charge is 2.17. The average Bonchev–Trinajstić information content (AvgIpc) is 2.33. The molecule has 0 unspecified atom stereocenters. The van der Waals surface area contributed by atoms with Crippen LogP contribution in [-0.4, -0.2) is 11.0 Å². The number of nitrogens with two attached hydrogens (primary N) is 1. The van der Waals surface area contributed by atoms with Crippen molar-refractivity contribution in [2.75, 3.05) is 11.1 Å². The Morgan fingerprint density at radius 2 is 1.89 bits per heavy atom. The van der Waals surface area contributed by atoms with Crippen LogP contribution in [0, 0.1) is 11.6 Å². The summed E-state index contributed by atoms with van der Waals surface area (Å²) in [5.74, 6) is -3.10. The number of carbonyl (C=O) groups excluding carboxylic acids is 1. The van der Waals surface area contributed by atoms with Gasteiger partial charge in [0.25, 0.3) is 5.91 Å². The van der Waals surface area contributed by atoms with Gasteiger partial charge in [0.05, 0.1) is 5.69 Å². The maximum Gasteiger partial charge on any atom is 0.262 e. The van der Waals surface area contributed by atoms with E-state index in [1.54, 1.807) is 0 Å². The fraction of sp³-hybridized carbons (Fsp3) is 0. The molecular formula is C13H10F2N2O2. The number of phenols is 1. The van der Waals surface area contributed by atoms with Gasteiger partial charge >= 0.3 is 0 Å². The van der Waals surface area contributed by atoms with Crippen molar-refractivity contribution < 1.29 is 18.7 Å².